The van der Waals surface area contributed by atoms with E-state index in [0.717, 1.165) is 22.5 Å². The summed E-state index contributed by atoms with van der Waals surface area (Å²) in [6.07, 6.45) is 1.84. The van der Waals surface area contributed by atoms with Crippen molar-refractivity contribution in [1.29, 1.82) is 0 Å². The van der Waals surface area contributed by atoms with Gasteiger partial charge in [0.05, 0.1) is 23.9 Å². The van der Waals surface area contributed by atoms with Gasteiger partial charge in [-0.3, -0.25) is 29.3 Å². The normalized spacial score (nSPS) is 21.4. The Morgan fingerprint density at radius 3 is 2.40 bits per heavy atom. The van der Waals surface area contributed by atoms with Gasteiger partial charge in [0.25, 0.3) is 23.4 Å². The number of carbonyl (C=O) groups is 4. The quantitative estimate of drug-likeness (QED) is 0.258. The molecular formula is C25H25N3O7. The van der Waals surface area contributed by atoms with Crippen LogP contribution in [0.5, 0.6) is 5.75 Å². The second-order valence-electron chi connectivity index (χ2n) is 8.94. The van der Waals surface area contributed by atoms with Gasteiger partial charge in [0.1, 0.15) is 12.3 Å². The molecule has 4 rings (SSSR count). The molecule has 0 aromatic heterocycles. The number of nitro groups is 1. The first-order valence-electron chi connectivity index (χ1n) is 11.3. The first-order chi connectivity index (χ1) is 16.7. The molecule has 10 heteroatoms. The van der Waals surface area contributed by atoms with E-state index >= 15 is 0 Å². The molecule has 1 saturated carbocycles. The van der Waals surface area contributed by atoms with E-state index in [1.54, 1.807) is 12.1 Å². The summed E-state index contributed by atoms with van der Waals surface area (Å²) in [4.78, 5) is 63.8. The number of Topliss-reactive ketones (excluding diaryl/α,β-unsaturated/α-hetero) is 1. The average Bonchev–Trinajstić information content (AvgIpc) is 3.11. The zero-order valence-corrected chi connectivity index (χ0v) is 19.4. The third-order valence-corrected chi connectivity index (χ3v) is 6.65. The van der Waals surface area contributed by atoms with Gasteiger partial charge in [0.2, 0.25) is 0 Å². The number of hydrogen-bond acceptors (Lipinski definition) is 7. The maximum Gasteiger partial charge on any atom is 0.273 e. The molecule has 1 saturated heterocycles. The zero-order valence-electron chi connectivity index (χ0n) is 19.4. The molecule has 1 aliphatic heterocycles. The molecule has 2 aromatic carbocycles. The number of carbonyl (C=O) groups excluding carboxylic acids is 4. The number of hydrazine groups is 1. The number of rotatable bonds is 7. The molecule has 10 nitrogen and oxygen atoms in total. The SMILES string of the molecule is COc1ccc(C(=O)CN(C(=O)c2cccc([N+](=O)[O-])c2)N2C(=O)[C@H]3C[C@H](C)CC[C@H]3C2=O)cc1. The van der Waals surface area contributed by atoms with E-state index in [9.17, 15) is 29.3 Å². The highest BCUT2D eigenvalue weighted by atomic mass is 16.6. The lowest BCUT2D eigenvalue weighted by Crippen LogP contribution is -2.52. The van der Waals surface area contributed by atoms with Crippen molar-refractivity contribution in [2.75, 3.05) is 13.7 Å². The Morgan fingerprint density at radius 1 is 1.06 bits per heavy atom. The van der Waals surface area contributed by atoms with Gasteiger partial charge in [0.15, 0.2) is 5.78 Å². The average molecular weight is 479 g/mol. The smallest absolute Gasteiger partial charge is 0.273 e. The van der Waals surface area contributed by atoms with Gasteiger partial charge in [-0.2, -0.15) is 5.01 Å². The third-order valence-electron chi connectivity index (χ3n) is 6.65. The van der Waals surface area contributed by atoms with E-state index in [4.69, 9.17) is 4.74 Å². The number of benzene rings is 2. The van der Waals surface area contributed by atoms with Crippen LogP contribution in [0, 0.1) is 27.9 Å². The maximum absolute atomic E-state index is 13.5. The van der Waals surface area contributed by atoms with Crippen LogP contribution in [0.3, 0.4) is 0 Å². The Bertz CT molecular complexity index is 1190. The number of non-ortho nitro benzene ring substituents is 1. The molecule has 182 valence electrons. The summed E-state index contributed by atoms with van der Waals surface area (Å²) in [5, 5.41) is 12.8. The fraction of sp³-hybridized carbons (Fsp3) is 0.360. The van der Waals surface area contributed by atoms with E-state index in [1.165, 1.54) is 37.4 Å². The predicted octanol–water partition coefficient (Wildman–Crippen LogP) is 3.26. The molecule has 0 N–H and O–H groups in total. The van der Waals surface area contributed by atoms with Crippen molar-refractivity contribution in [3.63, 3.8) is 0 Å². The van der Waals surface area contributed by atoms with Crippen molar-refractivity contribution in [3.8, 4) is 5.75 Å². The van der Waals surface area contributed by atoms with Crippen LogP contribution >= 0.6 is 0 Å². The maximum atomic E-state index is 13.5. The van der Waals surface area contributed by atoms with Crippen molar-refractivity contribution < 1.29 is 28.8 Å². The van der Waals surface area contributed by atoms with Gasteiger partial charge in [0, 0.05) is 23.3 Å². The largest absolute Gasteiger partial charge is 0.497 e. The Labute approximate surface area is 201 Å². The van der Waals surface area contributed by atoms with Crippen molar-refractivity contribution in [2.24, 2.45) is 17.8 Å². The number of hydrogen-bond donors (Lipinski definition) is 0. The Hall–Kier alpha value is -4.08. The van der Waals surface area contributed by atoms with Gasteiger partial charge in [-0.1, -0.05) is 13.0 Å². The summed E-state index contributed by atoms with van der Waals surface area (Å²) in [5.41, 5.74) is -0.169. The predicted molar refractivity (Wildman–Crippen MR) is 123 cm³/mol. The molecule has 3 amide bonds. The molecule has 2 aromatic rings. The highest BCUT2D eigenvalue weighted by molar-refractivity contribution is 6.09. The summed E-state index contributed by atoms with van der Waals surface area (Å²) in [7, 11) is 1.49. The van der Waals surface area contributed by atoms with Crippen LogP contribution in [0.15, 0.2) is 48.5 Å². The number of methoxy groups -OCH3 is 1. The van der Waals surface area contributed by atoms with Gasteiger partial charge >= 0.3 is 0 Å². The van der Waals surface area contributed by atoms with Gasteiger partial charge in [-0.15, -0.1) is 0 Å². The summed E-state index contributed by atoms with van der Waals surface area (Å²) in [6.45, 7) is 1.43. The molecule has 1 aliphatic carbocycles. The van der Waals surface area contributed by atoms with Crippen molar-refractivity contribution >= 4 is 29.2 Å². The van der Waals surface area contributed by atoms with Crippen LogP contribution in [-0.4, -0.2) is 52.1 Å². The highest BCUT2D eigenvalue weighted by Gasteiger charge is 2.52. The minimum Gasteiger partial charge on any atom is -0.497 e. The van der Waals surface area contributed by atoms with Crippen molar-refractivity contribution in [3.05, 3.63) is 69.8 Å². The molecule has 0 unspecified atom stereocenters. The number of amides is 3. The van der Waals surface area contributed by atoms with Crippen LogP contribution in [0.2, 0.25) is 0 Å². The Morgan fingerprint density at radius 2 is 1.74 bits per heavy atom. The summed E-state index contributed by atoms with van der Waals surface area (Å²) >= 11 is 0. The van der Waals surface area contributed by atoms with Gasteiger partial charge in [-0.25, -0.2) is 5.01 Å². The van der Waals surface area contributed by atoms with Crippen LogP contribution in [0.25, 0.3) is 0 Å². The third kappa shape index (κ3) is 4.64. The molecule has 1 heterocycles. The van der Waals surface area contributed by atoms with Crippen LogP contribution < -0.4 is 4.74 Å². The lowest BCUT2D eigenvalue weighted by Gasteiger charge is -2.30. The van der Waals surface area contributed by atoms with E-state index in [0.29, 0.717) is 18.6 Å². The number of ether oxygens (including phenoxy) is 1. The molecule has 35 heavy (non-hydrogen) atoms. The summed E-state index contributed by atoms with van der Waals surface area (Å²) in [6, 6.07) is 11.2. The summed E-state index contributed by atoms with van der Waals surface area (Å²) < 4.78 is 5.10. The number of nitro benzene ring substituents is 1. The topological polar surface area (TPSA) is 127 Å². The van der Waals surface area contributed by atoms with E-state index in [-0.39, 0.29) is 22.7 Å². The minimum atomic E-state index is -0.844. The number of imide groups is 1. The monoisotopic (exact) mass is 479 g/mol. The van der Waals surface area contributed by atoms with E-state index < -0.39 is 46.8 Å². The lowest BCUT2D eigenvalue weighted by atomic mass is 9.76. The highest BCUT2D eigenvalue weighted by Crippen LogP contribution is 2.41. The second-order valence-corrected chi connectivity index (χ2v) is 8.94. The van der Waals surface area contributed by atoms with E-state index in [2.05, 4.69) is 0 Å². The molecular weight excluding hydrogens is 454 g/mol. The van der Waals surface area contributed by atoms with E-state index in [1.807, 2.05) is 6.92 Å². The Balaban J connectivity index is 1.70. The molecule has 0 bridgehead atoms. The minimum absolute atomic E-state index is 0.106. The number of ketones is 1. The molecule has 0 spiro atoms. The summed E-state index contributed by atoms with van der Waals surface area (Å²) in [5.74, 6) is -2.69. The second kappa shape index (κ2) is 9.65. The number of fused-ring (bicyclic) bond motifs is 1. The Kier molecular flexibility index (Phi) is 6.63. The fourth-order valence-electron chi connectivity index (χ4n) is 4.75. The van der Waals surface area contributed by atoms with Gasteiger partial charge < -0.3 is 4.74 Å². The molecule has 3 atom stereocenters. The van der Waals surface area contributed by atoms with Crippen LogP contribution in [0.4, 0.5) is 5.69 Å². The van der Waals surface area contributed by atoms with Crippen LogP contribution in [-0.2, 0) is 9.59 Å². The fourth-order valence-corrected chi connectivity index (χ4v) is 4.75. The van der Waals surface area contributed by atoms with Crippen molar-refractivity contribution in [2.45, 2.75) is 26.2 Å². The molecule has 2 aliphatic rings. The molecule has 2 fully saturated rings. The number of nitrogens with zero attached hydrogens (tertiary/aromatic N) is 3. The lowest BCUT2D eigenvalue weighted by molar-refractivity contribution is -0.384. The van der Waals surface area contributed by atoms with Crippen molar-refractivity contribution in [1.82, 2.24) is 10.0 Å². The van der Waals surface area contributed by atoms with Crippen LogP contribution in [0.1, 0.15) is 46.9 Å². The zero-order chi connectivity index (χ0) is 25.3. The standard InChI is InChI=1S/C25H25N3O7/c1-15-6-11-20-21(12-15)25(32)27(24(20)31)26(14-22(29)16-7-9-19(35-2)10-8-16)23(30)17-4-3-5-18(13-17)28(33)34/h3-5,7-10,13,15,20-21H,6,11-12,14H2,1-2H3/t15-,20-,21+/m1/s1. The molecule has 0 radical (unpaired) electrons. The van der Waals surface area contributed by atoms with Gasteiger partial charge in [-0.05, 0) is 55.5 Å². The first kappa shape index (κ1) is 24.1. The first-order valence-corrected chi connectivity index (χ1v) is 11.3.